The van der Waals surface area contributed by atoms with E-state index in [2.05, 4.69) is 0 Å². The first kappa shape index (κ1) is 14.3. The summed E-state index contributed by atoms with van der Waals surface area (Å²) in [6.07, 6.45) is 3.21. The smallest absolute Gasteiger partial charge is 0.119 e. The second kappa shape index (κ2) is 7.48. The van der Waals surface area contributed by atoms with Crippen LogP contribution in [0.3, 0.4) is 0 Å². The van der Waals surface area contributed by atoms with Crippen molar-refractivity contribution in [1.29, 1.82) is 0 Å². The van der Waals surface area contributed by atoms with E-state index in [0.29, 0.717) is 13.2 Å². The van der Waals surface area contributed by atoms with Crippen LogP contribution >= 0.6 is 0 Å². The molecule has 2 rings (SSSR count). The molecule has 0 heterocycles. The van der Waals surface area contributed by atoms with Crippen LogP contribution in [-0.4, -0.2) is 31.0 Å². The zero-order chi connectivity index (χ0) is 13.5. The largest absolute Gasteiger partial charge is 0.491 e. The zero-order valence-corrected chi connectivity index (χ0v) is 11.3. The minimum Gasteiger partial charge on any atom is -0.491 e. The quantitative estimate of drug-likeness (QED) is 0.667. The monoisotopic (exact) mass is 265 g/mol. The predicted octanol–water partition coefficient (Wildman–Crippen LogP) is 1.70. The lowest BCUT2D eigenvalue weighted by Gasteiger charge is -2.13. The van der Waals surface area contributed by atoms with Gasteiger partial charge in [-0.05, 0) is 30.0 Å². The van der Waals surface area contributed by atoms with E-state index in [-0.39, 0.29) is 6.61 Å². The van der Waals surface area contributed by atoms with Crippen molar-refractivity contribution in [3.05, 3.63) is 29.8 Å². The van der Waals surface area contributed by atoms with E-state index in [4.69, 9.17) is 15.2 Å². The fraction of sp³-hybridized carbons (Fsp3) is 0.600. The first-order chi connectivity index (χ1) is 9.28. The Morgan fingerprint density at radius 2 is 2.16 bits per heavy atom. The van der Waals surface area contributed by atoms with Gasteiger partial charge in [-0.3, -0.25) is 0 Å². The summed E-state index contributed by atoms with van der Waals surface area (Å²) in [4.78, 5) is 0. The minimum atomic E-state index is -0.583. The Balaban J connectivity index is 1.59. The molecule has 1 saturated carbocycles. The standard InChI is InChI=1S/C15H23NO3/c16-9-13-2-1-3-15(8-13)19-11-14(17)10-18-7-6-12-4-5-12/h1-3,8,12,14,17H,4-7,9-11,16H2. The highest BCUT2D eigenvalue weighted by Crippen LogP contribution is 2.32. The molecule has 0 aromatic heterocycles. The van der Waals surface area contributed by atoms with Gasteiger partial charge in [-0.15, -0.1) is 0 Å². The highest BCUT2D eigenvalue weighted by Gasteiger charge is 2.20. The summed E-state index contributed by atoms with van der Waals surface area (Å²) in [5, 5.41) is 9.74. The molecule has 106 valence electrons. The van der Waals surface area contributed by atoms with Gasteiger partial charge in [0.15, 0.2) is 0 Å². The summed E-state index contributed by atoms with van der Waals surface area (Å²) in [7, 11) is 0. The Morgan fingerprint density at radius 3 is 2.89 bits per heavy atom. The Hall–Kier alpha value is -1.10. The van der Waals surface area contributed by atoms with Crippen LogP contribution in [0.25, 0.3) is 0 Å². The van der Waals surface area contributed by atoms with Crippen molar-refractivity contribution >= 4 is 0 Å². The van der Waals surface area contributed by atoms with Gasteiger partial charge >= 0.3 is 0 Å². The van der Waals surface area contributed by atoms with Crippen LogP contribution in [0.2, 0.25) is 0 Å². The molecule has 1 aromatic rings. The Kier molecular flexibility index (Phi) is 5.63. The van der Waals surface area contributed by atoms with E-state index in [0.717, 1.165) is 30.3 Å². The first-order valence-corrected chi connectivity index (χ1v) is 6.95. The third-order valence-corrected chi connectivity index (χ3v) is 3.25. The molecule has 0 spiro atoms. The Bertz CT molecular complexity index is 379. The molecule has 1 atom stereocenters. The average molecular weight is 265 g/mol. The molecule has 3 N–H and O–H groups in total. The predicted molar refractivity (Wildman–Crippen MR) is 74.0 cm³/mol. The maximum Gasteiger partial charge on any atom is 0.119 e. The van der Waals surface area contributed by atoms with Crippen molar-refractivity contribution in [3.8, 4) is 5.75 Å². The van der Waals surface area contributed by atoms with Crippen molar-refractivity contribution in [1.82, 2.24) is 0 Å². The van der Waals surface area contributed by atoms with Crippen LogP contribution < -0.4 is 10.5 Å². The SMILES string of the molecule is NCc1cccc(OCC(O)COCCC2CC2)c1. The third kappa shape index (κ3) is 5.59. The number of aliphatic hydroxyl groups excluding tert-OH is 1. The lowest BCUT2D eigenvalue weighted by molar-refractivity contribution is 0.0104. The molecule has 1 aromatic carbocycles. The summed E-state index contributed by atoms with van der Waals surface area (Å²) >= 11 is 0. The van der Waals surface area contributed by atoms with Gasteiger partial charge in [0.05, 0.1) is 6.61 Å². The number of benzene rings is 1. The van der Waals surface area contributed by atoms with Crippen LogP contribution in [-0.2, 0) is 11.3 Å². The molecular weight excluding hydrogens is 242 g/mol. The van der Waals surface area contributed by atoms with E-state index in [9.17, 15) is 5.11 Å². The lowest BCUT2D eigenvalue weighted by atomic mass is 10.2. The molecule has 0 radical (unpaired) electrons. The summed E-state index contributed by atoms with van der Waals surface area (Å²) in [5.74, 6) is 1.60. The zero-order valence-electron chi connectivity index (χ0n) is 11.3. The lowest BCUT2D eigenvalue weighted by Crippen LogP contribution is -2.23. The third-order valence-electron chi connectivity index (χ3n) is 3.25. The maximum atomic E-state index is 9.74. The van der Waals surface area contributed by atoms with Crippen LogP contribution in [0.5, 0.6) is 5.75 Å². The summed E-state index contributed by atoms with van der Waals surface area (Å²) in [5.41, 5.74) is 6.58. The second-order valence-corrected chi connectivity index (χ2v) is 5.12. The van der Waals surface area contributed by atoms with Gasteiger partial charge in [0.1, 0.15) is 18.5 Å². The number of ether oxygens (including phenoxy) is 2. The van der Waals surface area contributed by atoms with Crippen LogP contribution in [0.15, 0.2) is 24.3 Å². The van der Waals surface area contributed by atoms with Crippen LogP contribution in [0.1, 0.15) is 24.8 Å². The molecule has 19 heavy (non-hydrogen) atoms. The molecule has 1 unspecified atom stereocenters. The fourth-order valence-corrected chi connectivity index (χ4v) is 1.88. The fourth-order valence-electron chi connectivity index (χ4n) is 1.88. The Labute approximate surface area is 114 Å². The second-order valence-electron chi connectivity index (χ2n) is 5.12. The molecule has 1 aliphatic rings. The van der Waals surface area contributed by atoms with Gasteiger partial charge in [-0.25, -0.2) is 0 Å². The van der Waals surface area contributed by atoms with Gasteiger partial charge in [0.2, 0.25) is 0 Å². The molecule has 0 bridgehead atoms. The molecule has 4 nitrogen and oxygen atoms in total. The van der Waals surface area contributed by atoms with Gasteiger partial charge in [-0.2, -0.15) is 0 Å². The van der Waals surface area contributed by atoms with Crippen molar-refractivity contribution in [2.75, 3.05) is 19.8 Å². The van der Waals surface area contributed by atoms with Gasteiger partial charge in [0, 0.05) is 13.2 Å². The Morgan fingerprint density at radius 1 is 1.32 bits per heavy atom. The topological polar surface area (TPSA) is 64.7 Å². The van der Waals surface area contributed by atoms with Gasteiger partial charge < -0.3 is 20.3 Å². The van der Waals surface area contributed by atoms with Crippen LogP contribution in [0.4, 0.5) is 0 Å². The highest BCUT2D eigenvalue weighted by molar-refractivity contribution is 5.28. The van der Waals surface area contributed by atoms with Gasteiger partial charge in [0.25, 0.3) is 0 Å². The summed E-state index contributed by atoms with van der Waals surface area (Å²) < 4.78 is 10.9. The van der Waals surface area contributed by atoms with E-state index >= 15 is 0 Å². The summed E-state index contributed by atoms with van der Waals surface area (Å²) in [6.45, 7) is 1.81. The molecule has 0 aliphatic heterocycles. The number of hydrogen-bond donors (Lipinski definition) is 2. The molecule has 0 amide bonds. The molecule has 0 saturated heterocycles. The number of hydrogen-bond acceptors (Lipinski definition) is 4. The van der Waals surface area contributed by atoms with Crippen molar-refractivity contribution in [2.24, 2.45) is 11.7 Å². The normalized spacial score (nSPS) is 16.3. The minimum absolute atomic E-state index is 0.247. The molecule has 4 heteroatoms. The number of rotatable bonds is 9. The van der Waals surface area contributed by atoms with Crippen LogP contribution in [0, 0.1) is 5.92 Å². The van der Waals surface area contributed by atoms with E-state index in [1.807, 2.05) is 24.3 Å². The number of aliphatic hydroxyl groups is 1. The molecule has 1 aliphatic carbocycles. The average Bonchev–Trinajstić information content (AvgIpc) is 3.26. The maximum absolute atomic E-state index is 9.74. The van der Waals surface area contributed by atoms with E-state index in [1.165, 1.54) is 12.8 Å². The summed E-state index contributed by atoms with van der Waals surface area (Å²) in [6, 6.07) is 7.60. The van der Waals surface area contributed by atoms with E-state index in [1.54, 1.807) is 0 Å². The van der Waals surface area contributed by atoms with Crippen molar-refractivity contribution < 1.29 is 14.6 Å². The number of nitrogens with two attached hydrogens (primary N) is 1. The van der Waals surface area contributed by atoms with Crippen molar-refractivity contribution in [3.63, 3.8) is 0 Å². The first-order valence-electron chi connectivity index (χ1n) is 6.95. The van der Waals surface area contributed by atoms with Gasteiger partial charge in [-0.1, -0.05) is 25.0 Å². The highest BCUT2D eigenvalue weighted by atomic mass is 16.5. The molecular formula is C15H23NO3. The molecule has 1 fully saturated rings. The van der Waals surface area contributed by atoms with E-state index < -0.39 is 6.10 Å². The van der Waals surface area contributed by atoms with Crippen molar-refractivity contribution in [2.45, 2.75) is 31.9 Å².